The minimum Gasteiger partial charge on any atom is -0.341 e. The van der Waals surface area contributed by atoms with Crippen LogP contribution in [0, 0.1) is 46.7 Å². The van der Waals surface area contributed by atoms with E-state index in [9.17, 15) is 26.3 Å². The molecule has 2 unspecified atom stereocenters. The Morgan fingerprint density at radius 2 is 0.868 bits per heavy atom. The molecule has 3 fully saturated rings. The van der Waals surface area contributed by atoms with Crippen LogP contribution in [-0.2, 0) is 0 Å². The highest BCUT2D eigenvalue weighted by Crippen LogP contribution is 2.36. The number of nitrogens with one attached hydrogen (secondary N) is 1. The molecule has 0 amide bonds. The van der Waals surface area contributed by atoms with Crippen LogP contribution in [-0.4, -0.2) is 95.4 Å². The Morgan fingerprint density at radius 1 is 0.447 bits per heavy atom. The van der Waals surface area contributed by atoms with Gasteiger partial charge in [-0.15, -0.1) is 0 Å². The van der Waals surface area contributed by atoms with Crippen molar-refractivity contribution in [3.63, 3.8) is 0 Å². The number of piperidine rings is 1. The molecule has 0 bridgehead atoms. The highest BCUT2D eigenvalue weighted by atomic mass is 19.2. The van der Waals surface area contributed by atoms with Crippen molar-refractivity contribution in [1.82, 2.24) is 35.2 Å². The molecule has 3 aromatic heterocycles. The Hall–Kier alpha value is -7.80. The zero-order chi connectivity index (χ0) is 52.9. The van der Waals surface area contributed by atoms with Crippen molar-refractivity contribution in [2.45, 2.75) is 31.7 Å². The van der Waals surface area contributed by atoms with E-state index >= 15 is 0 Å². The Bertz CT molecular complexity index is 3480. The molecule has 6 aromatic carbocycles. The number of nitrogens with zero attached hydrogens (tertiary/aromatic N) is 9. The lowest BCUT2D eigenvalue weighted by Gasteiger charge is -2.31. The number of hydrogen-bond donors (Lipinski definition) is 3. The van der Waals surface area contributed by atoms with Crippen molar-refractivity contribution in [2.24, 2.45) is 23.3 Å². The van der Waals surface area contributed by atoms with E-state index < -0.39 is 34.9 Å². The molecule has 18 heteroatoms. The van der Waals surface area contributed by atoms with Crippen LogP contribution < -0.4 is 31.5 Å². The van der Waals surface area contributed by atoms with Crippen molar-refractivity contribution in [1.29, 1.82) is 0 Å². The average Bonchev–Trinajstić information content (AvgIpc) is 4.15. The number of hydrogen-bond acceptors (Lipinski definition) is 12. The first-order valence-corrected chi connectivity index (χ1v) is 25.5. The van der Waals surface area contributed by atoms with E-state index in [1.807, 2.05) is 72.6 Å². The third-order valence-corrected chi connectivity index (χ3v) is 14.4. The predicted octanol–water partition coefficient (Wildman–Crippen LogP) is 10.5. The van der Waals surface area contributed by atoms with Crippen molar-refractivity contribution < 1.29 is 26.3 Å². The van der Waals surface area contributed by atoms with Crippen LogP contribution in [0.2, 0.25) is 0 Å². The summed E-state index contributed by atoms with van der Waals surface area (Å²) in [4.78, 5) is 33.8. The molecule has 3 saturated heterocycles. The van der Waals surface area contributed by atoms with Gasteiger partial charge in [-0.25, -0.2) is 56.2 Å². The zero-order valence-electron chi connectivity index (χ0n) is 41.8. The molecular weight excluding hydrogens is 979 g/mol. The molecule has 12 rings (SSSR count). The van der Waals surface area contributed by atoms with Gasteiger partial charge < -0.3 is 31.5 Å². The van der Waals surface area contributed by atoms with E-state index in [-0.39, 0.29) is 22.4 Å². The number of para-hydroxylation sites is 3. The second-order valence-electron chi connectivity index (χ2n) is 19.2. The van der Waals surface area contributed by atoms with Crippen molar-refractivity contribution in [3.8, 4) is 33.8 Å². The van der Waals surface area contributed by atoms with Crippen molar-refractivity contribution in [2.75, 3.05) is 74.1 Å². The maximum atomic E-state index is 14.4. The molecule has 0 aliphatic carbocycles. The third kappa shape index (κ3) is 11.0. The van der Waals surface area contributed by atoms with E-state index in [1.165, 1.54) is 48.5 Å². The Balaban J connectivity index is 0.000000130. The lowest BCUT2D eigenvalue weighted by atomic mass is 9.97. The standard InChI is InChI=1S/C20H20F2N4.2C19H18F2N4/c21-15-5-3-6-16(22)18(15)19-14-4-1-2-7-17(14)24-20(25-19)26-10-8-13(12-23)9-11-26;1-22-13-8-9-25(11-13)19-23-17-5-3-2-4-15(17)18(24-19)14-7-6-12(20)10-16(14)21;20-14-5-3-6-15(21)17(14)18-13-4-1-2-7-16(13)23-19(24-18)25-9-8-12(10-22)11-25/h1-7,13H,8-12,23H2;2-7,10,13,22H,8-9,11H2,1H3;1-7,12H,8-11,22H2. The number of likely N-dealkylation sites (N-methyl/N-ethyl adjacent to an activating group) is 1. The maximum absolute atomic E-state index is 14.4. The van der Waals surface area contributed by atoms with Gasteiger partial charge in [0.25, 0.3) is 0 Å². The predicted molar refractivity (Wildman–Crippen MR) is 288 cm³/mol. The number of fused-ring (bicyclic) bond motifs is 3. The molecule has 390 valence electrons. The quantitative estimate of drug-likeness (QED) is 0.118. The van der Waals surface area contributed by atoms with Crippen LogP contribution in [0.25, 0.3) is 66.5 Å². The molecule has 0 spiro atoms. The minimum atomic E-state index is -0.629. The molecule has 9 aromatic rings. The molecule has 3 aliphatic heterocycles. The SMILES string of the molecule is CNC1CCN(c2nc(-c3ccc(F)cc3F)c3ccccc3n2)C1.NCC1CCN(c2nc(-c3c(F)cccc3F)c3ccccc3n2)C1.NCC1CCN(c2nc(-c3c(F)cccc3F)c3ccccc3n2)CC1. The summed E-state index contributed by atoms with van der Waals surface area (Å²) >= 11 is 0. The smallest absolute Gasteiger partial charge is 0.226 e. The minimum absolute atomic E-state index is 0.107. The number of benzene rings is 6. The maximum Gasteiger partial charge on any atom is 0.226 e. The second-order valence-corrected chi connectivity index (χ2v) is 19.2. The van der Waals surface area contributed by atoms with Crippen LogP contribution in [0.15, 0.2) is 127 Å². The van der Waals surface area contributed by atoms with E-state index in [0.717, 1.165) is 81.9 Å². The topological polar surface area (TPSA) is 151 Å². The van der Waals surface area contributed by atoms with Gasteiger partial charge in [0, 0.05) is 73.1 Å². The summed E-state index contributed by atoms with van der Waals surface area (Å²) in [5, 5.41) is 5.28. The molecule has 12 nitrogen and oxygen atoms in total. The summed E-state index contributed by atoms with van der Waals surface area (Å²) in [5.74, 6) is -1.24. The summed E-state index contributed by atoms with van der Waals surface area (Å²) in [7, 11) is 1.94. The fourth-order valence-corrected chi connectivity index (χ4v) is 10.1. The Morgan fingerprint density at radius 3 is 1.33 bits per heavy atom. The first-order valence-electron chi connectivity index (χ1n) is 25.5. The van der Waals surface area contributed by atoms with Crippen LogP contribution in [0.5, 0.6) is 0 Å². The van der Waals surface area contributed by atoms with Gasteiger partial charge in [0.15, 0.2) is 0 Å². The summed E-state index contributed by atoms with van der Waals surface area (Å²) in [6, 6.07) is 33.8. The van der Waals surface area contributed by atoms with Gasteiger partial charge in [-0.3, -0.25) is 0 Å². The van der Waals surface area contributed by atoms with E-state index in [4.69, 9.17) is 11.5 Å². The van der Waals surface area contributed by atoms with E-state index in [0.29, 0.717) is 82.0 Å². The van der Waals surface area contributed by atoms with Crippen molar-refractivity contribution in [3.05, 3.63) is 162 Å². The highest BCUT2D eigenvalue weighted by Gasteiger charge is 2.28. The van der Waals surface area contributed by atoms with Gasteiger partial charge in [-0.05, 0) is 112 Å². The molecule has 5 N–H and O–H groups in total. The summed E-state index contributed by atoms with van der Waals surface area (Å²) in [6.07, 6.45) is 3.91. The van der Waals surface area contributed by atoms with Crippen LogP contribution in [0.1, 0.15) is 25.7 Å². The van der Waals surface area contributed by atoms with Crippen LogP contribution in [0.3, 0.4) is 0 Å². The van der Waals surface area contributed by atoms with Crippen LogP contribution in [0.4, 0.5) is 44.2 Å². The number of anilines is 3. The summed E-state index contributed by atoms with van der Waals surface area (Å²) in [6.45, 7) is 6.07. The van der Waals surface area contributed by atoms with E-state index in [1.54, 1.807) is 12.1 Å². The number of rotatable bonds is 9. The summed E-state index contributed by atoms with van der Waals surface area (Å²) < 4.78 is 85.2. The molecule has 76 heavy (non-hydrogen) atoms. The van der Waals surface area contributed by atoms with Gasteiger partial charge in [-0.1, -0.05) is 66.7 Å². The number of halogens is 6. The highest BCUT2D eigenvalue weighted by molar-refractivity contribution is 5.95. The van der Waals surface area contributed by atoms with E-state index in [2.05, 4.69) is 45.0 Å². The monoisotopic (exact) mass is 1030 g/mol. The lowest BCUT2D eigenvalue weighted by molar-refractivity contribution is 0.411. The van der Waals surface area contributed by atoms with Gasteiger partial charge in [0.05, 0.1) is 44.8 Å². The lowest BCUT2D eigenvalue weighted by Crippen LogP contribution is -2.37. The molecular formula is C58H56F6N12. The Labute approximate surface area is 435 Å². The Kier molecular flexibility index (Phi) is 15.6. The molecule has 3 aliphatic rings. The number of nitrogens with two attached hydrogens (primary N) is 2. The fourth-order valence-electron chi connectivity index (χ4n) is 10.1. The summed E-state index contributed by atoms with van der Waals surface area (Å²) in [5.41, 5.74) is 14.7. The fraction of sp³-hybridized carbons (Fsp3) is 0.276. The normalized spacial score (nSPS) is 16.8. The number of aromatic nitrogens is 6. The zero-order valence-corrected chi connectivity index (χ0v) is 41.8. The second kappa shape index (κ2) is 23.0. The first-order chi connectivity index (χ1) is 37.0. The third-order valence-electron chi connectivity index (χ3n) is 14.4. The van der Waals surface area contributed by atoms with Gasteiger partial charge >= 0.3 is 0 Å². The average molecular weight is 1040 g/mol. The van der Waals surface area contributed by atoms with Crippen LogP contribution >= 0.6 is 0 Å². The van der Waals surface area contributed by atoms with Crippen molar-refractivity contribution >= 4 is 50.6 Å². The van der Waals surface area contributed by atoms with Gasteiger partial charge in [0.2, 0.25) is 17.8 Å². The molecule has 0 radical (unpaired) electrons. The largest absolute Gasteiger partial charge is 0.341 e. The first kappa shape index (κ1) is 51.7. The van der Waals surface area contributed by atoms with Gasteiger partial charge in [0.1, 0.15) is 34.9 Å². The molecule has 2 atom stereocenters. The van der Waals surface area contributed by atoms with Gasteiger partial charge in [-0.2, -0.15) is 0 Å². The molecule has 6 heterocycles. The molecule has 0 saturated carbocycles.